The summed E-state index contributed by atoms with van der Waals surface area (Å²) in [4.78, 5) is 38.0. The lowest BCUT2D eigenvalue weighted by Crippen LogP contribution is -2.28. The largest absolute Gasteiger partial charge is 0.376 e. The van der Waals surface area contributed by atoms with Crippen LogP contribution < -0.4 is 5.32 Å². The SMILES string of the molecule is O=C(Cc1ccc2[nH]ncc2c1)c1ccc(CNC2=C(Cl)C(=O)c3ccccc3C2=O)cc1. The second-order valence-electron chi connectivity index (χ2n) is 7.83. The summed E-state index contributed by atoms with van der Waals surface area (Å²) in [5.41, 5.74) is 4.04. The molecule has 1 aromatic heterocycles. The van der Waals surface area contributed by atoms with E-state index in [1.165, 1.54) is 0 Å². The lowest BCUT2D eigenvalue weighted by atomic mass is 9.92. The molecule has 0 radical (unpaired) electrons. The van der Waals surface area contributed by atoms with Crippen molar-refractivity contribution in [2.24, 2.45) is 0 Å². The van der Waals surface area contributed by atoms with E-state index >= 15 is 0 Å². The summed E-state index contributed by atoms with van der Waals surface area (Å²) in [6, 6.07) is 19.5. The van der Waals surface area contributed by atoms with E-state index in [1.807, 2.05) is 30.3 Å². The molecule has 5 rings (SSSR count). The normalized spacial score (nSPS) is 13.4. The zero-order valence-corrected chi connectivity index (χ0v) is 18.1. The average Bonchev–Trinajstić information content (AvgIpc) is 3.31. The van der Waals surface area contributed by atoms with Gasteiger partial charge in [0.15, 0.2) is 5.78 Å². The van der Waals surface area contributed by atoms with Crippen LogP contribution in [0.5, 0.6) is 0 Å². The number of rotatable bonds is 6. The first-order valence-corrected chi connectivity index (χ1v) is 10.8. The Morgan fingerprint density at radius 2 is 1.61 bits per heavy atom. The van der Waals surface area contributed by atoms with Gasteiger partial charge in [-0.15, -0.1) is 0 Å². The number of halogens is 1. The zero-order chi connectivity index (χ0) is 22.9. The van der Waals surface area contributed by atoms with Crippen molar-refractivity contribution in [1.82, 2.24) is 15.5 Å². The molecule has 0 spiro atoms. The predicted octanol–water partition coefficient (Wildman–Crippen LogP) is 4.61. The topological polar surface area (TPSA) is 91.9 Å². The molecule has 0 saturated carbocycles. The standard InChI is InChI=1S/C26H18ClN3O3/c27-23-24(26(33)20-4-2-1-3-19(20)25(23)32)28-13-15-5-8-17(9-6-15)22(31)12-16-7-10-21-18(11-16)14-29-30-21/h1-11,14,28H,12-13H2,(H,29,30). The van der Waals surface area contributed by atoms with Crippen LogP contribution in [0, 0.1) is 0 Å². The van der Waals surface area contributed by atoms with Crippen molar-refractivity contribution in [3.05, 3.63) is 111 Å². The molecule has 1 aliphatic rings. The van der Waals surface area contributed by atoms with Crippen molar-refractivity contribution < 1.29 is 14.4 Å². The first-order valence-electron chi connectivity index (χ1n) is 10.4. The van der Waals surface area contributed by atoms with Crippen LogP contribution in [0.1, 0.15) is 42.2 Å². The number of hydrogen-bond donors (Lipinski definition) is 2. The van der Waals surface area contributed by atoms with E-state index in [1.54, 1.807) is 42.6 Å². The second kappa shape index (κ2) is 8.48. The van der Waals surface area contributed by atoms with Crippen molar-refractivity contribution in [3.8, 4) is 0 Å². The number of carbonyl (C=O) groups is 3. The Morgan fingerprint density at radius 3 is 2.36 bits per heavy atom. The molecule has 1 aliphatic carbocycles. The highest BCUT2D eigenvalue weighted by atomic mass is 35.5. The lowest BCUT2D eigenvalue weighted by Gasteiger charge is -2.19. The van der Waals surface area contributed by atoms with Crippen molar-refractivity contribution in [3.63, 3.8) is 0 Å². The molecule has 3 aromatic carbocycles. The van der Waals surface area contributed by atoms with Crippen LogP contribution in [0.25, 0.3) is 10.9 Å². The smallest absolute Gasteiger partial charge is 0.211 e. The number of nitrogens with zero attached hydrogens (tertiary/aromatic N) is 1. The van der Waals surface area contributed by atoms with Gasteiger partial charge >= 0.3 is 0 Å². The van der Waals surface area contributed by atoms with Gasteiger partial charge in [0.1, 0.15) is 10.7 Å². The van der Waals surface area contributed by atoms with Gasteiger partial charge in [-0.2, -0.15) is 5.10 Å². The van der Waals surface area contributed by atoms with Crippen molar-refractivity contribution >= 4 is 39.9 Å². The average molecular weight is 456 g/mol. The molecule has 4 aromatic rings. The minimum atomic E-state index is -0.371. The number of ketones is 3. The van der Waals surface area contributed by atoms with Gasteiger partial charge in [0.2, 0.25) is 11.6 Å². The van der Waals surface area contributed by atoms with Crippen LogP contribution >= 0.6 is 11.6 Å². The van der Waals surface area contributed by atoms with E-state index in [9.17, 15) is 14.4 Å². The molecule has 0 unspecified atom stereocenters. The molecule has 1 heterocycles. The van der Waals surface area contributed by atoms with Crippen LogP contribution in [0.15, 0.2) is 83.7 Å². The predicted molar refractivity (Wildman–Crippen MR) is 125 cm³/mol. The van der Waals surface area contributed by atoms with Gasteiger partial charge in [0.05, 0.1) is 11.7 Å². The zero-order valence-electron chi connectivity index (χ0n) is 17.4. The van der Waals surface area contributed by atoms with Crippen molar-refractivity contribution in [2.45, 2.75) is 13.0 Å². The summed E-state index contributed by atoms with van der Waals surface area (Å²) < 4.78 is 0. The number of allylic oxidation sites excluding steroid dienone is 2. The number of fused-ring (bicyclic) bond motifs is 2. The van der Waals surface area contributed by atoms with Gasteiger partial charge in [-0.3, -0.25) is 19.5 Å². The monoisotopic (exact) mass is 455 g/mol. The first kappa shape index (κ1) is 20.8. The number of hydrogen-bond acceptors (Lipinski definition) is 5. The fraction of sp³-hybridized carbons (Fsp3) is 0.0769. The Hall–Kier alpha value is -4.03. The van der Waals surface area contributed by atoms with Crippen LogP contribution in [0.2, 0.25) is 0 Å². The molecule has 162 valence electrons. The molecule has 6 nitrogen and oxygen atoms in total. The summed E-state index contributed by atoms with van der Waals surface area (Å²) >= 11 is 6.19. The summed E-state index contributed by atoms with van der Waals surface area (Å²) in [5.74, 6) is -0.673. The van der Waals surface area contributed by atoms with Crippen LogP contribution in [0.4, 0.5) is 0 Å². The van der Waals surface area contributed by atoms with Gasteiger partial charge in [-0.1, -0.05) is 66.2 Å². The van der Waals surface area contributed by atoms with E-state index in [0.717, 1.165) is 22.0 Å². The molecular formula is C26H18ClN3O3. The number of aromatic nitrogens is 2. The van der Waals surface area contributed by atoms with Crippen molar-refractivity contribution in [2.75, 3.05) is 0 Å². The summed E-state index contributed by atoms with van der Waals surface area (Å²) in [5, 5.41) is 10.7. The molecule has 0 aliphatic heterocycles. The summed E-state index contributed by atoms with van der Waals surface area (Å²) in [7, 11) is 0. The van der Waals surface area contributed by atoms with Gasteiger partial charge in [0, 0.05) is 35.0 Å². The summed E-state index contributed by atoms with van der Waals surface area (Å²) in [6.07, 6.45) is 2.02. The highest BCUT2D eigenvalue weighted by Gasteiger charge is 2.30. The van der Waals surface area contributed by atoms with Crippen molar-refractivity contribution in [1.29, 1.82) is 0 Å². The summed E-state index contributed by atoms with van der Waals surface area (Å²) in [6.45, 7) is 0.290. The molecule has 0 fully saturated rings. The highest BCUT2D eigenvalue weighted by Crippen LogP contribution is 2.27. The van der Waals surface area contributed by atoms with Crippen LogP contribution in [0.3, 0.4) is 0 Å². The molecule has 33 heavy (non-hydrogen) atoms. The molecular weight excluding hydrogens is 438 g/mol. The third-order valence-electron chi connectivity index (χ3n) is 5.68. The molecule has 0 amide bonds. The lowest BCUT2D eigenvalue weighted by molar-refractivity contribution is 0.0974. The van der Waals surface area contributed by atoms with E-state index in [0.29, 0.717) is 23.2 Å². The van der Waals surface area contributed by atoms with Gasteiger partial charge in [0.25, 0.3) is 0 Å². The fourth-order valence-electron chi connectivity index (χ4n) is 3.89. The Labute approximate surface area is 194 Å². The van der Waals surface area contributed by atoms with E-state index in [4.69, 9.17) is 11.6 Å². The molecule has 2 N–H and O–H groups in total. The Balaban J connectivity index is 1.26. The van der Waals surface area contributed by atoms with E-state index < -0.39 is 0 Å². The molecule has 0 atom stereocenters. The number of benzene rings is 3. The molecule has 0 saturated heterocycles. The molecule has 0 bridgehead atoms. The van der Waals surface area contributed by atoms with E-state index in [2.05, 4.69) is 15.5 Å². The quantitative estimate of drug-likeness (QED) is 0.414. The van der Waals surface area contributed by atoms with Gasteiger partial charge < -0.3 is 5.32 Å². The number of H-pyrrole nitrogens is 1. The van der Waals surface area contributed by atoms with Gasteiger partial charge in [-0.05, 0) is 23.3 Å². The number of carbonyl (C=O) groups excluding carboxylic acids is 3. The third kappa shape index (κ3) is 3.97. The van der Waals surface area contributed by atoms with E-state index in [-0.39, 0.29) is 34.5 Å². The first-order chi connectivity index (χ1) is 16.0. The molecule has 7 heteroatoms. The minimum Gasteiger partial charge on any atom is -0.376 e. The maximum absolute atomic E-state index is 12.8. The maximum Gasteiger partial charge on any atom is 0.211 e. The Bertz CT molecular complexity index is 1450. The minimum absolute atomic E-state index is 0.00719. The highest BCUT2D eigenvalue weighted by molar-refractivity contribution is 6.49. The number of Topliss-reactive ketones (excluding diaryl/α,β-unsaturated/α-hetero) is 3. The number of aromatic amines is 1. The van der Waals surface area contributed by atoms with Crippen LogP contribution in [-0.4, -0.2) is 27.5 Å². The Kier molecular flexibility index (Phi) is 5.36. The van der Waals surface area contributed by atoms with Crippen LogP contribution in [-0.2, 0) is 13.0 Å². The number of nitrogens with one attached hydrogen (secondary N) is 2. The fourth-order valence-corrected chi connectivity index (χ4v) is 4.15. The van der Waals surface area contributed by atoms with Gasteiger partial charge in [-0.25, -0.2) is 0 Å². The Morgan fingerprint density at radius 1 is 0.909 bits per heavy atom. The maximum atomic E-state index is 12.8. The second-order valence-corrected chi connectivity index (χ2v) is 8.21. The third-order valence-corrected chi connectivity index (χ3v) is 6.04.